The number of esters is 1. The largest absolute Gasteiger partial charge is 0.462 e. The number of carbonyl (C=O) groups is 2. The molecule has 172 valence electrons. The highest BCUT2D eigenvalue weighted by Crippen LogP contribution is 2.22. The highest BCUT2D eigenvalue weighted by atomic mass is 16.5. The van der Waals surface area contributed by atoms with Gasteiger partial charge in [-0.15, -0.1) is 0 Å². The van der Waals surface area contributed by atoms with Gasteiger partial charge in [-0.2, -0.15) is 4.98 Å². The summed E-state index contributed by atoms with van der Waals surface area (Å²) in [5, 5.41) is 7.04. The second kappa shape index (κ2) is 10.4. The van der Waals surface area contributed by atoms with Crippen molar-refractivity contribution in [2.45, 2.75) is 33.2 Å². The molecular formula is C25H28N4O4. The Bertz CT molecular complexity index is 1110. The van der Waals surface area contributed by atoms with Crippen LogP contribution in [0.4, 0.5) is 5.69 Å². The van der Waals surface area contributed by atoms with E-state index >= 15 is 0 Å². The molecule has 1 fully saturated rings. The van der Waals surface area contributed by atoms with E-state index in [9.17, 15) is 9.59 Å². The van der Waals surface area contributed by atoms with Gasteiger partial charge in [-0.3, -0.25) is 9.69 Å². The minimum atomic E-state index is -0.401. The lowest BCUT2D eigenvalue weighted by atomic mass is 9.97. The molecule has 1 amide bonds. The predicted octanol–water partition coefficient (Wildman–Crippen LogP) is 4.07. The van der Waals surface area contributed by atoms with Crippen LogP contribution in [0.3, 0.4) is 0 Å². The highest BCUT2D eigenvalue weighted by molar-refractivity contribution is 5.95. The van der Waals surface area contributed by atoms with Crippen molar-refractivity contribution in [3.8, 4) is 11.4 Å². The summed E-state index contributed by atoms with van der Waals surface area (Å²) in [6, 6.07) is 14.8. The summed E-state index contributed by atoms with van der Waals surface area (Å²) in [5.74, 6) is 0.477. The standard InChI is InChI=1S/C25H28N4O4/c1-3-32-25(31)19-6-4-8-21(14-19)26-24(30)20-7-5-13-29(15-20)16-22-27-23(28-33-22)18-11-9-17(2)10-12-18/h4,6,8-12,14,20H,3,5,7,13,15-16H2,1-2H3,(H,26,30). The van der Waals surface area contributed by atoms with Gasteiger partial charge in [0.15, 0.2) is 0 Å². The fourth-order valence-corrected chi connectivity index (χ4v) is 3.93. The monoisotopic (exact) mass is 448 g/mol. The number of hydrogen-bond acceptors (Lipinski definition) is 7. The lowest BCUT2D eigenvalue weighted by molar-refractivity contribution is -0.121. The molecule has 8 nitrogen and oxygen atoms in total. The predicted molar refractivity (Wildman–Crippen MR) is 124 cm³/mol. The van der Waals surface area contributed by atoms with E-state index < -0.39 is 5.97 Å². The van der Waals surface area contributed by atoms with Gasteiger partial charge in [-0.1, -0.05) is 41.1 Å². The zero-order valence-corrected chi connectivity index (χ0v) is 18.9. The van der Waals surface area contributed by atoms with Gasteiger partial charge in [-0.25, -0.2) is 4.79 Å². The second-order valence-corrected chi connectivity index (χ2v) is 8.24. The Hall–Kier alpha value is -3.52. The summed E-state index contributed by atoms with van der Waals surface area (Å²) in [5.41, 5.74) is 3.09. The fourth-order valence-electron chi connectivity index (χ4n) is 3.93. The van der Waals surface area contributed by atoms with Crippen LogP contribution in [-0.2, 0) is 16.1 Å². The smallest absolute Gasteiger partial charge is 0.338 e. The van der Waals surface area contributed by atoms with E-state index in [4.69, 9.17) is 9.26 Å². The van der Waals surface area contributed by atoms with E-state index in [1.54, 1.807) is 31.2 Å². The number of rotatable bonds is 7. The van der Waals surface area contributed by atoms with Crippen molar-refractivity contribution in [1.29, 1.82) is 0 Å². The first kappa shape index (κ1) is 22.7. The van der Waals surface area contributed by atoms with Crippen LogP contribution in [0.1, 0.15) is 41.6 Å². The summed E-state index contributed by atoms with van der Waals surface area (Å²) in [6.07, 6.45) is 1.71. The maximum Gasteiger partial charge on any atom is 0.338 e. The SMILES string of the molecule is CCOC(=O)c1cccc(NC(=O)C2CCCN(Cc3nc(-c4ccc(C)cc4)no3)C2)c1. The van der Waals surface area contributed by atoms with Crippen LogP contribution in [-0.4, -0.2) is 46.6 Å². The van der Waals surface area contributed by atoms with Crippen molar-refractivity contribution in [2.24, 2.45) is 5.92 Å². The molecule has 2 aromatic carbocycles. The van der Waals surface area contributed by atoms with Gasteiger partial charge in [0.2, 0.25) is 17.6 Å². The summed E-state index contributed by atoms with van der Waals surface area (Å²) in [7, 11) is 0. The first-order valence-corrected chi connectivity index (χ1v) is 11.2. The van der Waals surface area contributed by atoms with E-state index in [0.717, 1.165) is 24.9 Å². The number of nitrogens with zero attached hydrogens (tertiary/aromatic N) is 3. The Labute approximate surface area is 192 Å². The lowest BCUT2D eigenvalue weighted by Gasteiger charge is -2.30. The number of carbonyl (C=O) groups excluding carboxylic acids is 2. The molecule has 0 saturated carbocycles. The Balaban J connectivity index is 1.35. The second-order valence-electron chi connectivity index (χ2n) is 8.24. The summed E-state index contributed by atoms with van der Waals surface area (Å²) in [6.45, 7) is 6.07. The average molecular weight is 449 g/mol. The number of hydrogen-bond donors (Lipinski definition) is 1. The molecule has 1 aliphatic rings. The molecule has 1 N–H and O–H groups in total. The van der Waals surface area contributed by atoms with Crippen LogP contribution in [0.25, 0.3) is 11.4 Å². The maximum absolute atomic E-state index is 12.9. The number of anilines is 1. The first-order valence-electron chi connectivity index (χ1n) is 11.2. The fraction of sp³-hybridized carbons (Fsp3) is 0.360. The Morgan fingerprint density at radius 1 is 1.21 bits per heavy atom. The summed E-state index contributed by atoms with van der Waals surface area (Å²) < 4.78 is 10.5. The van der Waals surface area contributed by atoms with Crippen LogP contribution < -0.4 is 5.32 Å². The van der Waals surface area contributed by atoms with E-state index in [2.05, 4.69) is 20.4 Å². The third-order valence-electron chi connectivity index (χ3n) is 5.65. The number of nitrogens with one attached hydrogen (secondary N) is 1. The minimum absolute atomic E-state index is 0.0633. The number of aryl methyl sites for hydroxylation is 1. The van der Waals surface area contributed by atoms with Crippen LogP contribution in [0, 0.1) is 12.8 Å². The van der Waals surface area contributed by atoms with Gasteiger partial charge in [0.25, 0.3) is 0 Å². The van der Waals surface area contributed by atoms with Gasteiger partial charge < -0.3 is 14.6 Å². The van der Waals surface area contributed by atoms with E-state index in [1.807, 2.05) is 31.2 Å². The molecule has 1 saturated heterocycles. The van der Waals surface area contributed by atoms with Crippen LogP contribution >= 0.6 is 0 Å². The highest BCUT2D eigenvalue weighted by Gasteiger charge is 2.27. The van der Waals surface area contributed by atoms with E-state index in [0.29, 0.717) is 42.7 Å². The first-order chi connectivity index (χ1) is 16.0. The molecular weight excluding hydrogens is 420 g/mol. The maximum atomic E-state index is 12.9. The van der Waals surface area contributed by atoms with Crippen molar-refractivity contribution in [1.82, 2.24) is 15.0 Å². The van der Waals surface area contributed by atoms with Crippen molar-refractivity contribution in [2.75, 3.05) is 25.0 Å². The topological polar surface area (TPSA) is 97.6 Å². The molecule has 33 heavy (non-hydrogen) atoms. The average Bonchev–Trinajstić information content (AvgIpc) is 3.28. The molecule has 0 radical (unpaired) electrons. The number of likely N-dealkylation sites (tertiary alicyclic amines) is 1. The lowest BCUT2D eigenvalue weighted by Crippen LogP contribution is -2.40. The summed E-state index contributed by atoms with van der Waals surface area (Å²) in [4.78, 5) is 31.5. The molecule has 2 heterocycles. The molecule has 1 aliphatic heterocycles. The van der Waals surface area contributed by atoms with Crippen LogP contribution in [0.15, 0.2) is 53.1 Å². The third kappa shape index (κ3) is 5.84. The normalized spacial score (nSPS) is 16.4. The van der Waals surface area contributed by atoms with Crippen molar-refractivity contribution < 1.29 is 18.8 Å². The van der Waals surface area contributed by atoms with E-state index in [1.165, 1.54) is 5.56 Å². The molecule has 3 aromatic rings. The van der Waals surface area contributed by atoms with E-state index in [-0.39, 0.29) is 11.8 Å². The molecule has 8 heteroatoms. The number of ether oxygens (including phenoxy) is 1. The number of amides is 1. The number of aromatic nitrogens is 2. The Morgan fingerprint density at radius 3 is 2.82 bits per heavy atom. The molecule has 1 aromatic heterocycles. The van der Waals surface area contributed by atoms with Gasteiger partial charge in [0.05, 0.1) is 24.6 Å². The molecule has 0 aliphatic carbocycles. The van der Waals surface area contributed by atoms with Gasteiger partial charge in [0, 0.05) is 17.8 Å². The molecule has 0 spiro atoms. The molecule has 1 atom stereocenters. The van der Waals surface area contributed by atoms with Crippen LogP contribution in [0.2, 0.25) is 0 Å². The zero-order chi connectivity index (χ0) is 23.2. The molecule has 4 rings (SSSR count). The third-order valence-corrected chi connectivity index (χ3v) is 5.65. The quantitative estimate of drug-likeness (QED) is 0.544. The van der Waals surface area contributed by atoms with Crippen molar-refractivity contribution >= 4 is 17.6 Å². The van der Waals surface area contributed by atoms with Crippen molar-refractivity contribution in [3.63, 3.8) is 0 Å². The summed E-state index contributed by atoms with van der Waals surface area (Å²) >= 11 is 0. The van der Waals surface area contributed by atoms with Crippen molar-refractivity contribution in [3.05, 3.63) is 65.5 Å². The van der Waals surface area contributed by atoms with Gasteiger partial charge in [-0.05, 0) is 51.4 Å². The van der Waals surface area contributed by atoms with Gasteiger partial charge in [0.1, 0.15) is 0 Å². The minimum Gasteiger partial charge on any atom is -0.462 e. The van der Waals surface area contributed by atoms with Gasteiger partial charge >= 0.3 is 5.97 Å². The number of benzene rings is 2. The Morgan fingerprint density at radius 2 is 2.03 bits per heavy atom. The molecule has 1 unspecified atom stereocenters. The zero-order valence-electron chi connectivity index (χ0n) is 18.9. The van der Waals surface area contributed by atoms with Crippen LogP contribution in [0.5, 0.6) is 0 Å². The number of piperidine rings is 1. The molecule has 0 bridgehead atoms. The Kier molecular flexibility index (Phi) is 7.14.